The third-order valence-corrected chi connectivity index (χ3v) is 4.00. The second kappa shape index (κ2) is 5.00. The van der Waals surface area contributed by atoms with Crippen LogP contribution in [0.15, 0.2) is 42.5 Å². The van der Waals surface area contributed by atoms with E-state index in [1.807, 2.05) is 12.1 Å². The quantitative estimate of drug-likeness (QED) is 0.662. The summed E-state index contributed by atoms with van der Waals surface area (Å²) in [5.41, 5.74) is 11.6. The van der Waals surface area contributed by atoms with Crippen LogP contribution in [0.4, 0.5) is 5.69 Å². The minimum Gasteiger partial charge on any atom is -0.384 e. The summed E-state index contributed by atoms with van der Waals surface area (Å²) in [6.07, 6.45) is 1.13. The number of rotatable bonds is 3. The molecule has 0 atom stereocenters. The van der Waals surface area contributed by atoms with Crippen LogP contribution in [0.5, 0.6) is 0 Å². The Morgan fingerprint density at radius 1 is 1.25 bits per heavy atom. The van der Waals surface area contributed by atoms with Crippen molar-refractivity contribution in [2.45, 2.75) is 19.9 Å². The lowest BCUT2D eigenvalue weighted by atomic mass is 10.0. The van der Waals surface area contributed by atoms with E-state index in [-0.39, 0.29) is 5.84 Å². The van der Waals surface area contributed by atoms with Crippen LogP contribution in [-0.2, 0) is 13.0 Å². The normalized spacial score (nSPS) is 13.3. The van der Waals surface area contributed by atoms with Crippen LogP contribution in [0.1, 0.15) is 22.3 Å². The van der Waals surface area contributed by atoms with Crippen molar-refractivity contribution in [3.8, 4) is 0 Å². The number of nitrogen functional groups attached to an aromatic ring is 1. The first kappa shape index (κ1) is 12.7. The summed E-state index contributed by atoms with van der Waals surface area (Å²) in [4.78, 5) is 2.42. The topological polar surface area (TPSA) is 53.1 Å². The Labute approximate surface area is 119 Å². The van der Waals surface area contributed by atoms with Crippen molar-refractivity contribution in [3.05, 3.63) is 64.7 Å². The molecule has 0 unspecified atom stereocenters. The van der Waals surface area contributed by atoms with Crippen LogP contribution in [0.3, 0.4) is 0 Å². The second-order valence-electron chi connectivity index (χ2n) is 5.36. The summed E-state index contributed by atoms with van der Waals surface area (Å²) < 4.78 is 0. The summed E-state index contributed by atoms with van der Waals surface area (Å²) in [5.74, 6) is 0.131. The maximum absolute atomic E-state index is 7.49. The number of nitrogens with zero attached hydrogens (tertiary/aromatic N) is 1. The Morgan fingerprint density at radius 3 is 2.80 bits per heavy atom. The van der Waals surface area contributed by atoms with Crippen molar-refractivity contribution in [1.29, 1.82) is 5.41 Å². The zero-order chi connectivity index (χ0) is 14.1. The molecular weight excluding hydrogens is 246 g/mol. The average molecular weight is 265 g/mol. The highest BCUT2D eigenvalue weighted by Crippen LogP contribution is 2.29. The summed E-state index contributed by atoms with van der Waals surface area (Å²) >= 11 is 0. The van der Waals surface area contributed by atoms with E-state index >= 15 is 0 Å². The number of anilines is 1. The summed E-state index contributed by atoms with van der Waals surface area (Å²) in [5, 5.41) is 7.49. The maximum atomic E-state index is 7.49. The molecular formula is C17H19N3. The SMILES string of the molecule is Cc1cc(C(=N)N)ccc1CN1CCc2ccccc21. The molecule has 0 fully saturated rings. The molecule has 0 aromatic heterocycles. The molecule has 0 aliphatic carbocycles. The Kier molecular flexibility index (Phi) is 3.18. The number of nitrogens with two attached hydrogens (primary N) is 1. The van der Waals surface area contributed by atoms with Crippen molar-refractivity contribution < 1.29 is 0 Å². The maximum Gasteiger partial charge on any atom is 0.122 e. The van der Waals surface area contributed by atoms with Gasteiger partial charge in [0.2, 0.25) is 0 Å². The summed E-state index contributed by atoms with van der Waals surface area (Å²) in [7, 11) is 0. The number of hydrogen-bond donors (Lipinski definition) is 2. The van der Waals surface area contributed by atoms with Gasteiger partial charge in [-0.2, -0.15) is 0 Å². The van der Waals surface area contributed by atoms with Crippen LogP contribution >= 0.6 is 0 Å². The van der Waals surface area contributed by atoms with Crippen molar-refractivity contribution >= 4 is 11.5 Å². The minimum absolute atomic E-state index is 0.131. The molecule has 1 aliphatic rings. The standard InChI is InChI=1S/C17H19N3/c1-12-10-14(17(18)19)6-7-15(12)11-20-9-8-13-4-2-3-5-16(13)20/h2-7,10H,8-9,11H2,1H3,(H3,18,19). The van der Waals surface area contributed by atoms with Crippen LogP contribution in [0, 0.1) is 12.3 Å². The Morgan fingerprint density at radius 2 is 2.05 bits per heavy atom. The number of hydrogen-bond acceptors (Lipinski definition) is 2. The molecule has 2 aromatic rings. The van der Waals surface area contributed by atoms with Gasteiger partial charge >= 0.3 is 0 Å². The van der Waals surface area contributed by atoms with E-state index in [0.29, 0.717) is 0 Å². The number of aryl methyl sites for hydroxylation is 1. The van der Waals surface area contributed by atoms with E-state index < -0.39 is 0 Å². The number of para-hydroxylation sites is 1. The van der Waals surface area contributed by atoms with E-state index in [1.54, 1.807) is 0 Å². The first-order valence-electron chi connectivity index (χ1n) is 6.92. The van der Waals surface area contributed by atoms with Crippen LogP contribution < -0.4 is 10.6 Å². The van der Waals surface area contributed by atoms with E-state index in [4.69, 9.17) is 11.1 Å². The van der Waals surface area contributed by atoms with Gasteiger partial charge in [0.05, 0.1) is 0 Å². The fourth-order valence-electron chi connectivity index (χ4n) is 2.82. The van der Waals surface area contributed by atoms with Crippen molar-refractivity contribution in [3.63, 3.8) is 0 Å². The lowest BCUT2D eigenvalue weighted by Gasteiger charge is -2.21. The molecule has 2 aromatic carbocycles. The van der Waals surface area contributed by atoms with Gasteiger partial charge in [-0.3, -0.25) is 5.41 Å². The molecule has 102 valence electrons. The highest BCUT2D eigenvalue weighted by Gasteiger charge is 2.18. The van der Waals surface area contributed by atoms with Gasteiger partial charge in [-0.05, 0) is 42.2 Å². The third kappa shape index (κ3) is 2.27. The van der Waals surface area contributed by atoms with Gasteiger partial charge in [-0.15, -0.1) is 0 Å². The molecule has 0 saturated carbocycles. The first-order valence-corrected chi connectivity index (χ1v) is 6.92. The molecule has 1 aliphatic heterocycles. The van der Waals surface area contributed by atoms with Gasteiger partial charge in [-0.25, -0.2) is 0 Å². The Balaban J connectivity index is 1.84. The van der Waals surface area contributed by atoms with Gasteiger partial charge in [0, 0.05) is 24.3 Å². The van der Waals surface area contributed by atoms with Crippen molar-refractivity contribution in [1.82, 2.24) is 0 Å². The zero-order valence-corrected chi connectivity index (χ0v) is 11.7. The monoisotopic (exact) mass is 265 g/mol. The highest BCUT2D eigenvalue weighted by molar-refractivity contribution is 5.95. The van der Waals surface area contributed by atoms with E-state index in [0.717, 1.165) is 25.1 Å². The largest absolute Gasteiger partial charge is 0.384 e. The van der Waals surface area contributed by atoms with Crippen LogP contribution in [-0.4, -0.2) is 12.4 Å². The summed E-state index contributed by atoms with van der Waals surface area (Å²) in [6.45, 7) is 4.08. The highest BCUT2D eigenvalue weighted by atomic mass is 15.1. The van der Waals surface area contributed by atoms with Crippen molar-refractivity contribution in [2.75, 3.05) is 11.4 Å². The molecule has 20 heavy (non-hydrogen) atoms. The van der Waals surface area contributed by atoms with Crippen molar-refractivity contribution in [2.24, 2.45) is 5.73 Å². The number of nitrogens with one attached hydrogen (secondary N) is 1. The number of benzene rings is 2. The smallest absolute Gasteiger partial charge is 0.122 e. The molecule has 0 radical (unpaired) electrons. The van der Waals surface area contributed by atoms with Gasteiger partial charge in [0.15, 0.2) is 0 Å². The zero-order valence-electron chi connectivity index (χ0n) is 11.7. The van der Waals surface area contributed by atoms with Gasteiger partial charge in [-0.1, -0.05) is 30.3 Å². The van der Waals surface area contributed by atoms with Crippen LogP contribution in [0.2, 0.25) is 0 Å². The molecule has 1 heterocycles. The summed E-state index contributed by atoms with van der Waals surface area (Å²) in [6, 6.07) is 14.6. The van der Waals surface area contributed by atoms with E-state index in [2.05, 4.69) is 42.2 Å². The van der Waals surface area contributed by atoms with Gasteiger partial charge in [0.1, 0.15) is 5.84 Å². The Hall–Kier alpha value is -2.29. The molecule has 0 saturated heterocycles. The first-order chi connectivity index (χ1) is 9.65. The van der Waals surface area contributed by atoms with Gasteiger partial charge < -0.3 is 10.6 Å². The predicted molar refractivity (Wildman–Crippen MR) is 83.4 cm³/mol. The molecule has 3 heteroatoms. The molecule has 0 bridgehead atoms. The minimum atomic E-state index is 0.131. The second-order valence-corrected chi connectivity index (χ2v) is 5.36. The number of amidine groups is 1. The molecule has 3 nitrogen and oxygen atoms in total. The molecule has 0 spiro atoms. The predicted octanol–water partition coefficient (Wildman–Crippen LogP) is 2.84. The van der Waals surface area contributed by atoms with Crippen LogP contribution in [0.25, 0.3) is 0 Å². The fraction of sp³-hybridized carbons (Fsp3) is 0.235. The average Bonchev–Trinajstić information content (AvgIpc) is 2.84. The lowest BCUT2D eigenvalue weighted by Crippen LogP contribution is -2.20. The number of fused-ring (bicyclic) bond motifs is 1. The lowest BCUT2D eigenvalue weighted by molar-refractivity contribution is 0.831. The third-order valence-electron chi connectivity index (χ3n) is 4.00. The molecule has 3 N–H and O–H groups in total. The molecule has 0 amide bonds. The molecule has 3 rings (SSSR count). The Bertz CT molecular complexity index is 661. The fourth-order valence-corrected chi connectivity index (χ4v) is 2.82. The van der Waals surface area contributed by atoms with E-state index in [1.165, 1.54) is 22.4 Å². The van der Waals surface area contributed by atoms with Gasteiger partial charge in [0.25, 0.3) is 0 Å². The van der Waals surface area contributed by atoms with E-state index in [9.17, 15) is 0 Å².